The van der Waals surface area contributed by atoms with Crippen molar-refractivity contribution in [2.75, 3.05) is 19.7 Å². The Bertz CT molecular complexity index is 905. The summed E-state index contributed by atoms with van der Waals surface area (Å²) in [4.78, 5) is 26.4. The summed E-state index contributed by atoms with van der Waals surface area (Å²) in [6.07, 6.45) is 4.72. The Morgan fingerprint density at radius 3 is 2.71 bits per heavy atom. The Morgan fingerprint density at radius 2 is 2.04 bits per heavy atom. The number of aromatic nitrogens is 4. The van der Waals surface area contributed by atoms with E-state index in [0.717, 1.165) is 36.3 Å². The van der Waals surface area contributed by atoms with Crippen LogP contribution in [0.3, 0.4) is 0 Å². The van der Waals surface area contributed by atoms with Crippen LogP contribution in [0, 0.1) is 13.8 Å². The summed E-state index contributed by atoms with van der Waals surface area (Å²) in [7, 11) is 0. The second-order valence-corrected chi connectivity index (χ2v) is 7.82. The number of Topliss-reactive ketones (excluding diaryl/α,β-unsaturated/α-hetero) is 1. The number of H-pyrrole nitrogens is 1. The SMILES string of the molecule is CC(=O)c1c(C)nn(CCC(=O)N2CCC3(CC2)OCCc2cn[nH]c23)c1C. The standard InChI is InChI=1S/C20H27N5O3/c1-13-18(15(3)26)14(2)25(23-13)8-4-17(27)24-9-6-20(7-10-24)19-16(5-11-28-20)12-21-22-19/h12H,4-11H2,1-3H3,(H,21,22). The first-order valence-electron chi connectivity index (χ1n) is 9.91. The minimum absolute atomic E-state index is 0.0135. The van der Waals surface area contributed by atoms with Gasteiger partial charge in [0.1, 0.15) is 5.60 Å². The molecule has 2 aromatic rings. The molecule has 8 nitrogen and oxygen atoms in total. The van der Waals surface area contributed by atoms with Gasteiger partial charge in [0.05, 0.1) is 29.8 Å². The zero-order valence-electron chi connectivity index (χ0n) is 16.7. The molecule has 2 aliphatic heterocycles. The summed E-state index contributed by atoms with van der Waals surface area (Å²) in [6.45, 7) is 7.81. The van der Waals surface area contributed by atoms with Crippen LogP contribution >= 0.6 is 0 Å². The number of carbonyl (C=O) groups is 2. The molecule has 1 amide bonds. The Balaban J connectivity index is 1.37. The van der Waals surface area contributed by atoms with Crippen molar-refractivity contribution in [3.63, 3.8) is 0 Å². The highest BCUT2D eigenvalue weighted by atomic mass is 16.5. The fraction of sp³-hybridized carbons (Fsp3) is 0.600. The Morgan fingerprint density at radius 1 is 1.29 bits per heavy atom. The first-order valence-corrected chi connectivity index (χ1v) is 9.91. The highest BCUT2D eigenvalue weighted by molar-refractivity contribution is 5.96. The van der Waals surface area contributed by atoms with Crippen LogP contribution in [0.15, 0.2) is 6.20 Å². The quantitative estimate of drug-likeness (QED) is 0.812. The Hall–Kier alpha value is -2.48. The molecule has 0 aromatic carbocycles. The van der Waals surface area contributed by atoms with Gasteiger partial charge in [0.15, 0.2) is 5.78 Å². The number of likely N-dealkylation sites (tertiary alicyclic amines) is 1. The van der Waals surface area contributed by atoms with Gasteiger partial charge in [-0.05, 0) is 45.6 Å². The monoisotopic (exact) mass is 385 g/mol. The van der Waals surface area contributed by atoms with Crippen LogP contribution < -0.4 is 0 Å². The van der Waals surface area contributed by atoms with Gasteiger partial charge in [0, 0.05) is 31.7 Å². The number of hydrogen-bond acceptors (Lipinski definition) is 5. The number of aryl methyl sites for hydroxylation is 2. The fourth-order valence-corrected chi connectivity index (χ4v) is 4.62. The molecule has 1 spiro atoms. The highest BCUT2D eigenvalue weighted by Crippen LogP contribution is 2.40. The number of piperidine rings is 1. The van der Waals surface area contributed by atoms with E-state index in [9.17, 15) is 9.59 Å². The number of nitrogens with one attached hydrogen (secondary N) is 1. The van der Waals surface area contributed by atoms with E-state index in [2.05, 4.69) is 15.3 Å². The number of carbonyl (C=O) groups excluding carboxylic acids is 2. The largest absolute Gasteiger partial charge is 0.368 e. The van der Waals surface area contributed by atoms with E-state index in [4.69, 9.17) is 4.74 Å². The van der Waals surface area contributed by atoms with Gasteiger partial charge in [-0.15, -0.1) is 0 Å². The average molecular weight is 385 g/mol. The maximum absolute atomic E-state index is 12.7. The van der Waals surface area contributed by atoms with Gasteiger partial charge in [-0.3, -0.25) is 19.4 Å². The molecule has 0 bridgehead atoms. The molecule has 4 heterocycles. The van der Waals surface area contributed by atoms with E-state index in [1.54, 1.807) is 11.6 Å². The molecular weight excluding hydrogens is 358 g/mol. The fourth-order valence-electron chi connectivity index (χ4n) is 4.62. The van der Waals surface area contributed by atoms with Crippen molar-refractivity contribution in [3.8, 4) is 0 Å². The highest BCUT2D eigenvalue weighted by Gasteiger charge is 2.43. The lowest BCUT2D eigenvalue weighted by Gasteiger charge is -2.43. The Kier molecular flexibility index (Phi) is 4.82. The minimum atomic E-state index is -0.326. The van der Waals surface area contributed by atoms with Crippen LogP contribution in [0.4, 0.5) is 0 Å². The molecule has 0 radical (unpaired) electrons. The molecule has 1 fully saturated rings. The molecule has 0 saturated carbocycles. The normalized spacial score (nSPS) is 18.3. The first kappa shape index (κ1) is 18.9. The van der Waals surface area contributed by atoms with Crippen LogP contribution in [0.1, 0.15) is 59.2 Å². The third kappa shape index (κ3) is 3.15. The number of ketones is 1. The van der Waals surface area contributed by atoms with Crippen molar-refractivity contribution in [3.05, 3.63) is 34.4 Å². The number of amides is 1. The third-order valence-corrected chi connectivity index (χ3v) is 6.12. The predicted octanol–water partition coefficient (Wildman–Crippen LogP) is 1.91. The average Bonchev–Trinajstić information content (AvgIpc) is 3.25. The maximum atomic E-state index is 12.7. The molecule has 0 aliphatic carbocycles. The third-order valence-electron chi connectivity index (χ3n) is 6.12. The van der Waals surface area contributed by atoms with Crippen molar-refractivity contribution in [2.24, 2.45) is 0 Å². The zero-order valence-corrected chi connectivity index (χ0v) is 16.7. The van der Waals surface area contributed by atoms with E-state index in [1.165, 1.54) is 5.56 Å². The molecule has 28 heavy (non-hydrogen) atoms. The molecular formula is C20H27N5O3. The lowest BCUT2D eigenvalue weighted by atomic mass is 9.83. The van der Waals surface area contributed by atoms with Crippen LogP contribution in [0.25, 0.3) is 0 Å². The van der Waals surface area contributed by atoms with E-state index in [1.807, 2.05) is 24.9 Å². The van der Waals surface area contributed by atoms with E-state index in [-0.39, 0.29) is 17.3 Å². The second-order valence-electron chi connectivity index (χ2n) is 7.82. The number of fused-ring (bicyclic) bond motifs is 2. The van der Waals surface area contributed by atoms with Crippen molar-refractivity contribution in [1.29, 1.82) is 0 Å². The molecule has 4 rings (SSSR count). The van der Waals surface area contributed by atoms with E-state index < -0.39 is 0 Å². The molecule has 8 heteroatoms. The zero-order chi connectivity index (χ0) is 19.9. The molecule has 2 aromatic heterocycles. The lowest BCUT2D eigenvalue weighted by Crippen LogP contribution is -2.48. The predicted molar refractivity (Wildman–Crippen MR) is 102 cm³/mol. The lowest BCUT2D eigenvalue weighted by molar-refractivity contribution is -0.141. The number of rotatable bonds is 4. The Labute approximate surface area is 164 Å². The summed E-state index contributed by atoms with van der Waals surface area (Å²) in [5, 5.41) is 11.7. The molecule has 1 N–H and O–H groups in total. The second kappa shape index (κ2) is 7.16. The van der Waals surface area contributed by atoms with Gasteiger partial charge in [0.2, 0.25) is 5.91 Å². The van der Waals surface area contributed by atoms with Crippen LogP contribution in [0.5, 0.6) is 0 Å². The van der Waals surface area contributed by atoms with Crippen LogP contribution in [-0.4, -0.2) is 56.3 Å². The van der Waals surface area contributed by atoms with E-state index in [0.29, 0.717) is 38.2 Å². The number of hydrogen-bond donors (Lipinski definition) is 1. The van der Waals surface area contributed by atoms with Gasteiger partial charge in [-0.25, -0.2) is 0 Å². The van der Waals surface area contributed by atoms with Crippen molar-refractivity contribution in [2.45, 2.75) is 58.6 Å². The van der Waals surface area contributed by atoms with Crippen molar-refractivity contribution in [1.82, 2.24) is 24.9 Å². The van der Waals surface area contributed by atoms with Crippen LogP contribution in [0.2, 0.25) is 0 Å². The summed E-state index contributed by atoms with van der Waals surface area (Å²) < 4.78 is 7.92. The summed E-state index contributed by atoms with van der Waals surface area (Å²) in [5.74, 6) is 0.131. The maximum Gasteiger partial charge on any atom is 0.224 e. The van der Waals surface area contributed by atoms with Gasteiger partial charge in [0.25, 0.3) is 0 Å². The van der Waals surface area contributed by atoms with Gasteiger partial charge >= 0.3 is 0 Å². The minimum Gasteiger partial charge on any atom is -0.368 e. The molecule has 0 unspecified atom stereocenters. The number of aromatic amines is 1. The smallest absolute Gasteiger partial charge is 0.224 e. The number of nitrogens with zero attached hydrogens (tertiary/aromatic N) is 4. The van der Waals surface area contributed by atoms with Gasteiger partial charge in [-0.2, -0.15) is 10.2 Å². The van der Waals surface area contributed by atoms with Crippen LogP contribution in [-0.2, 0) is 28.1 Å². The summed E-state index contributed by atoms with van der Waals surface area (Å²) in [5.41, 5.74) is 4.21. The van der Waals surface area contributed by atoms with Crippen molar-refractivity contribution < 1.29 is 14.3 Å². The first-order chi connectivity index (χ1) is 13.4. The topological polar surface area (TPSA) is 93.1 Å². The molecule has 2 aliphatic rings. The van der Waals surface area contributed by atoms with E-state index >= 15 is 0 Å². The molecule has 1 saturated heterocycles. The van der Waals surface area contributed by atoms with Crippen molar-refractivity contribution >= 4 is 11.7 Å². The summed E-state index contributed by atoms with van der Waals surface area (Å²) >= 11 is 0. The molecule has 0 atom stereocenters. The van der Waals surface area contributed by atoms with Gasteiger partial charge < -0.3 is 9.64 Å². The summed E-state index contributed by atoms with van der Waals surface area (Å²) in [6, 6.07) is 0. The number of ether oxygens (including phenoxy) is 1. The van der Waals surface area contributed by atoms with Gasteiger partial charge in [-0.1, -0.05) is 0 Å². The molecule has 150 valence electrons.